The van der Waals surface area contributed by atoms with Gasteiger partial charge in [-0.15, -0.1) is 18.6 Å². The number of allylic oxidation sites excluding steroid dienone is 3. The summed E-state index contributed by atoms with van der Waals surface area (Å²) in [7, 11) is 0. The number of terminal acetylenes is 1. The molecule has 0 spiro atoms. The molecule has 1 aromatic rings. The topological polar surface area (TPSA) is 12.5 Å². The minimum atomic E-state index is 0. The second-order valence-electron chi connectivity index (χ2n) is 4.19. The Morgan fingerprint density at radius 2 is 2.05 bits per heavy atom. The molecule has 0 aromatic heterocycles. The first-order valence-corrected chi connectivity index (χ1v) is 6.67. The van der Waals surface area contributed by atoms with Crippen LogP contribution in [0.1, 0.15) is 12.5 Å². The van der Waals surface area contributed by atoms with E-state index in [9.17, 15) is 0 Å². The van der Waals surface area contributed by atoms with Gasteiger partial charge in [-0.3, -0.25) is 0 Å². The van der Waals surface area contributed by atoms with Gasteiger partial charge in [-0.25, -0.2) is 0 Å². The van der Waals surface area contributed by atoms with Crippen LogP contribution in [0, 0.1) is 18.4 Å². The average molecular weight is 374 g/mol. The molecule has 2 nitrogen and oxygen atoms in total. The van der Waals surface area contributed by atoms with E-state index in [2.05, 4.69) is 18.6 Å². The van der Waals surface area contributed by atoms with E-state index in [0.29, 0.717) is 5.03 Å². The quantitative estimate of drug-likeness (QED) is 0.588. The van der Waals surface area contributed by atoms with Crippen molar-refractivity contribution in [2.75, 3.05) is 13.2 Å². The van der Waals surface area contributed by atoms with E-state index in [-0.39, 0.29) is 39.3 Å². The van der Waals surface area contributed by atoms with Gasteiger partial charge in [0.25, 0.3) is 0 Å². The van der Waals surface area contributed by atoms with E-state index in [1.807, 2.05) is 36.1 Å². The summed E-state index contributed by atoms with van der Waals surface area (Å²) in [6.07, 6.45) is 10.1. The molecule has 1 aromatic carbocycles. The Labute approximate surface area is 156 Å². The van der Waals surface area contributed by atoms with Crippen molar-refractivity contribution < 1.29 is 37.4 Å². The fourth-order valence-corrected chi connectivity index (χ4v) is 2.14. The maximum Gasteiger partial charge on any atom is 0.148 e. The monoisotopic (exact) mass is 373 g/mol. The summed E-state index contributed by atoms with van der Waals surface area (Å²) in [5, 5.41) is 0.615. The minimum absolute atomic E-state index is 0. The molecule has 2 rings (SSSR count). The van der Waals surface area contributed by atoms with Gasteiger partial charge < -0.3 is 9.64 Å². The zero-order chi connectivity index (χ0) is 14.5. The Hall–Kier alpha value is -1.01. The standard InChI is InChI=1S/C17H15ClNO.Y/c1-4-12-20-15-8-6-14(7-9-15)17-11-10-16(18)13(3)19(17)5-2;/h1,6-10H,3,5,12H2,2H3;/q-1;. The number of benzene rings is 1. The van der Waals surface area contributed by atoms with Gasteiger partial charge in [0.05, 0.1) is 0 Å². The molecule has 0 unspecified atom stereocenters. The molecular weight excluding hydrogens is 359 g/mol. The molecule has 105 valence electrons. The van der Waals surface area contributed by atoms with E-state index in [1.54, 1.807) is 6.08 Å². The van der Waals surface area contributed by atoms with Crippen LogP contribution in [-0.4, -0.2) is 18.1 Å². The van der Waals surface area contributed by atoms with Gasteiger partial charge in [0.15, 0.2) is 0 Å². The molecule has 1 heterocycles. The fourth-order valence-electron chi connectivity index (χ4n) is 1.98. The van der Waals surface area contributed by atoms with Crippen molar-refractivity contribution in [1.82, 2.24) is 4.90 Å². The van der Waals surface area contributed by atoms with Crippen LogP contribution in [0.25, 0.3) is 5.70 Å². The molecule has 21 heavy (non-hydrogen) atoms. The Morgan fingerprint density at radius 1 is 1.38 bits per heavy atom. The number of rotatable bonds is 4. The zero-order valence-electron chi connectivity index (χ0n) is 11.9. The number of ether oxygens (including phenoxy) is 1. The predicted octanol–water partition coefficient (Wildman–Crippen LogP) is 3.81. The minimum Gasteiger partial charge on any atom is -0.481 e. The summed E-state index contributed by atoms with van der Waals surface area (Å²) in [5.74, 6) is 3.19. The van der Waals surface area contributed by atoms with Crippen molar-refractivity contribution in [1.29, 1.82) is 0 Å². The Balaban J connectivity index is 0.00000220. The maximum absolute atomic E-state index is 6.08. The fraction of sp³-hybridized carbons (Fsp3) is 0.176. The van der Waals surface area contributed by atoms with Crippen LogP contribution in [0.5, 0.6) is 5.75 Å². The van der Waals surface area contributed by atoms with Gasteiger partial charge in [-0.2, -0.15) is 23.8 Å². The van der Waals surface area contributed by atoms with Gasteiger partial charge in [-0.1, -0.05) is 23.8 Å². The van der Waals surface area contributed by atoms with Gasteiger partial charge in [0.2, 0.25) is 0 Å². The SMILES string of the molecule is C#CCOc1ccc(C2=[C-]C=C(Cl)C(=C)N2CC)cc1.[Y]. The average Bonchev–Trinajstić information content (AvgIpc) is 2.48. The molecule has 1 radical (unpaired) electrons. The number of nitrogens with zero attached hydrogens (tertiary/aromatic N) is 1. The number of hydrogen-bond acceptors (Lipinski definition) is 2. The second kappa shape index (κ2) is 8.44. The van der Waals surface area contributed by atoms with E-state index >= 15 is 0 Å². The molecule has 0 saturated carbocycles. The molecular formula is C17H15ClNOY-. The van der Waals surface area contributed by atoms with Crippen LogP contribution in [0.2, 0.25) is 0 Å². The third-order valence-corrected chi connectivity index (χ3v) is 3.30. The van der Waals surface area contributed by atoms with Crippen molar-refractivity contribution >= 4 is 17.3 Å². The summed E-state index contributed by atoms with van der Waals surface area (Å²) in [5.41, 5.74) is 2.77. The van der Waals surface area contributed by atoms with Gasteiger partial charge >= 0.3 is 0 Å². The summed E-state index contributed by atoms with van der Waals surface area (Å²) in [6, 6.07) is 7.71. The van der Waals surface area contributed by atoms with E-state index < -0.39 is 0 Å². The number of halogens is 1. The largest absolute Gasteiger partial charge is 0.481 e. The Bertz CT molecular complexity index is 611. The van der Waals surface area contributed by atoms with Crippen molar-refractivity contribution in [3.8, 4) is 18.1 Å². The maximum atomic E-state index is 6.08. The Morgan fingerprint density at radius 3 is 2.62 bits per heavy atom. The van der Waals surface area contributed by atoms with Crippen LogP contribution in [0.4, 0.5) is 0 Å². The molecule has 0 fully saturated rings. The molecule has 0 atom stereocenters. The summed E-state index contributed by atoms with van der Waals surface area (Å²) >= 11 is 6.08. The third kappa shape index (κ3) is 4.23. The third-order valence-electron chi connectivity index (χ3n) is 2.97. The number of hydrogen-bond donors (Lipinski definition) is 0. The van der Waals surface area contributed by atoms with E-state index in [4.69, 9.17) is 22.8 Å². The molecule has 1 aliphatic rings. The molecule has 1 aliphatic heterocycles. The first-order valence-electron chi connectivity index (χ1n) is 6.30. The van der Waals surface area contributed by atoms with Gasteiger partial charge in [-0.05, 0) is 29.8 Å². The first-order chi connectivity index (χ1) is 9.67. The van der Waals surface area contributed by atoms with Gasteiger partial charge in [0, 0.05) is 39.3 Å². The smallest absolute Gasteiger partial charge is 0.148 e. The van der Waals surface area contributed by atoms with Gasteiger partial charge in [0.1, 0.15) is 12.4 Å². The van der Waals surface area contributed by atoms with Crippen molar-refractivity contribution in [2.45, 2.75) is 6.92 Å². The molecule has 0 amide bonds. The van der Waals surface area contributed by atoms with Crippen LogP contribution < -0.4 is 4.74 Å². The molecule has 0 aliphatic carbocycles. The van der Waals surface area contributed by atoms with E-state index in [0.717, 1.165) is 29.3 Å². The summed E-state index contributed by atoms with van der Waals surface area (Å²) in [6.45, 7) is 7.09. The molecule has 0 bridgehead atoms. The van der Waals surface area contributed by atoms with Crippen LogP contribution in [0.3, 0.4) is 0 Å². The van der Waals surface area contributed by atoms with Crippen LogP contribution >= 0.6 is 11.6 Å². The summed E-state index contributed by atoms with van der Waals surface area (Å²) < 4.78 is 5.36. The zero-order valence-corrected chi connectivity index (χ0v) is 15.5. The van der Waals surface area contributed by atoms with Crippen LogP contribution in [-0.2, 0) is 32.7 Å². The van der Waals surface area contributed by atoms with Crippen LogP contribution in [0.15, 0.2) is 47.6 Å². The molecule has 0 saturated heterocycles. The molecule has 0 N–H and O–H groups in total. The second-order valence-corrected chi connectivity index (χ2v) is 4.60. The van der Waals surface area contributed by atoms with E-state index in [1.165, 1.54) is 0 Å². The molecule has 4 heteroatoms. The van der Waals surface area contributed by atoms with Crippen molar-refractivity contribution in [2.24, 2.45) is 0 Å². The normalized spacial score (nSPS) is 13.8. The van der Waals surface area contributed by atoms with Crippen molar-refractivity contribution in [3.63, 3.8) is 0 Å². The summed E-state index contributed by atoms with van der Waals surface area (Å²) in [4.78, 5) is 2.03. The Kier molecular flexibility index (Phi) is 7.25. The first kappa shape index (κ1) is 18.0. The number of likely N-dealkylation sites (N-methyl/N-ethyl adjacent to an activating group) is 1. The predicted molar refractivity (Wildman–Crippen MR) is 82.9 cm³/mol. The van der Waals surface area contributed by atoms with Crippen molar-refractivity contribution in [3.05, 3.63) is 59.3 Å².